The molecule has 0 atom stereocenters. The van der Waals surface area contributed by atoms with Gasteiger partial charge >= 0.3 is 0 Å². The van der Waals surface area contributed by atoms with Crippen LogP contribution in [0, 0.1) is 0 Å². The van der Waals surface area contributed by atoms with Crippen molar-refractivity contribution >= 4 is 0 Å². The highest BCUT2D eigenvalue weighted by Gasteiger charge is 2.47. The van der Waals surface area contributed by atoms with Crippen LogP contribution in [0.3, 0.4) is 0 Å². The van der Waals surface area contributed by atoms with Crippen LogP contribution in [0.2, 0.25) is 0 Å². The molecule has 1 N–H and O–H groups in total. The number of hydrogen-bond donors (Lipinski definition) is 1. The van der Waals surface area contributed by atoms with Gasteiger partial charge in [-0.2, -0.15) is 0 Å². The molecule has 1 aliphatic carbocycles. The summed E-state index contributed by atoms with van der Waals surface area (Å²) in [5.74, 6) is -0.235. The highest BCUT2D eigenvalue weighted by molar-refractivity contribution is 4.99. The van der Waals surface area contributed by atoms with E-state index < -0.39 is 0 Å². The van der Waals surface area contributed by atoms with Crippen LogP contribution in [-0.4, -0.2) is 31.1 Å². The molecule has 16 heavy (non-hydrogen) atoms. The minimum Gasteiger partial charge on any atom is -0.350 e. The lowest BCUT2D eigenvalue weighted by atomic mass is 9.74. The van der Waals surface area contributed by atoms with Gasteiger partial charge in [0.25, 0.3) is 0 Å². The summed E-state index contributed by atoms with van der Waals surface area (Å²) in [5, 5.41) is 3.75. The maximum absolute atomic E-state index is 5.97. The molecule has 2 aliphatic heterocycles. The lowest BCUT2D eigenvalue weighted by Crippen LogP contribution is -2.60. The number of piperidine rings is 1. The lowest BCUT2D eigenvalue weighted by molar-refractivity contribution is -0.289. The van der Waals surface area contributed by atoms with E-state index in [1.165, 1.54) is 32.1 Å². The quantitative estimate of drug-likeness (QED) is 0.685. The molecule has 3 nitrogen and oxygen atoms in total. The molecule has 0 radical (unpaired) electrons. The van der Waals surface area contributed by atoms with Crippen molar-refractivity contribution in [3.8, 4) is 0 Å². The van der Waals surface area contributed by atoms with Gasteiger partial charge in [-0.15, -0.1) is 0 Å². The van der Waals surface area contributed by atoms with Gasteiger partial charge in [-0.25, -0.2) is 0 Å². The molecule has 2 spiro atoms. The van der Waals surface area contributed by atoms with Crippen molar-refractivity contribution in [2.24, 2.45) is 0 Å². The Balaban J connectivity index is 1.72. The van der Waals surface area contributed by atoms with Crippen molar-refractivity contribution in [2.45, 2.75) is 62.7 Å². The number of hydrogen-bond acceptors (Lipinski definition) is 3. The Kier molecular flexibility index (Phi) is 2.94. The van der Waals surface area contributed by atoms with Gasteiger partial charge in [0.1, 0.15) is 0 Å². The molecule has 3 rings (SSSR count). The second-order valence-electron chi connectivity index (χ2n) is 5.66. The molecule has 0 bridgehead atoms. The average molecular weight is 225 g/mol. The first-order valence-corrected chi connectivity index (χ1v) is 6.86. The summed E-state index contributed by atoms with van der Waals surface area (Å²) >= 11 is 0. The first-order valence-electron chi connectivity index (χ1n) is 6.86. The Morgan fingerprint density at radius 2 is 1.56 bits per heavy atom. The normalized spacial score (nSPS) is 33.0. The Bertz CT molecular complexity index is 207. The van der Waals surface area contributed by atoms with Crippen LogP contribution in [0.1, 0.15) is 51.4 Å². The van der Waals surface area contributed by atoms with E-state index in [1.807, 2.05) is 0 Å². The molecule has 2 heterocycles. The monoisotopic (exact) mass is 225 g/mol. The third kappa shape index (κ3) is 2.01. The largest absolute Gasteiger partial charge is 0.350 e. The molecule has 0 aromatic rings. The number of rotatable bonds is 0. The lowest BCUT2D eigenvalue weighted by Gasteiger charge is -2.51. The van der Waals surface area contributed by atoms with Gasteiger partial charge < -0.3 is 14.8 Å². The van der Waals surface area contributed by atoms with Crippen LogP contribution in [-0.2, 0) is 9.47 Å². The molecule has 0 aromatic carbocycles. The molecular weight excluding hydrogens is 202 g/mol. The third-order valence-electron chi connectivity index (χ3n) is 4.44. The Labute approximate surface area is 97.9 Å². The van der Waals surface area contributed by atoms with Gasteiger partial charge in [0.2, 0.25) is 0 Å². The first-order chi connectivity index (χ1) is 7.83. The van der Waals surface area contributed by atoms with Crippen molar-refractivity contribution in [1.29, 1.82) is 0 Å². The third-order valence-corrected chi connectivity index (χ3v) is 4.44. The Morgan fingerprint density at radius 3 is 2.31 bits per heavy atom. The van der Waals surface area contributed by atoms with E-state index >= 15 is 0 Å². The fraction of sp³-hybridized carbons (Fsp3) is 1.00. The first kappa shape index (κ1) is 11.0. The van der Waals surface area contributed by atoms with Gasteiger partial charge in [-0.3, -0.25) is 0 Å². The van der Waals surface area contributed by atoms with Crippen molar-refractivity contribution in [1.82, 2.24) is 5.32 Å². The summed E-state index contributed by atoms with van der Waals surface area (Å²) in [6.07, 6.45) is 9.89. The van der Waals surface area contributed by atoms with Crippen LogP contribution in [0.4, 0.5) is 0 Å². The summed E-state index contributed by atoms with van der Waals surface area (Å²) in [6.45, 7) is 2.83. The van der Waals surface area contributed by atoms with Crippen LogP contribution < -0.4 is 5.32 Å². The van der Waals surface area contributed by atoms with E-state index in [2.05, 4.69) is 5.32 Å². The van der Waals surface area contributed by atoms with E-state index in [-0.39, 0.29) is 5.79 Å². The second kappa shape index (κ2) is 4.28. The summed E-state index contributed by atoms with van der Waals surface area (Å²) in [7, 11) is 0. The highest BCUT2D eigenvalue weighted by Crippen LogP contribution is 2.41. The molecule has 3 heteroatoms. The molecule has 3 fully saturated rings. The zero-order valence-electron chi connectivity index (χ0n) is 10.1. The molecule has 0 unspecified atom stereocenters. The van der Waals surface area contributed by atoms with Crippen LogP contribution in [0.5, 0.6) is 0 Å². The van der Waals surface area contributed by atoms with Crippen molar-refractivity contribution in [2.75, 3.05) is 19.8 Å². The van der Waals surface area contributed by atoms with Crippen molar-refractivity contribution in [3.63, 3.8) is 0 Å². The molecule has 92 valence electrons. The summed E-state index contributed by atoms with van der Waals surface area (Å²) in [5.41, 5.74) is 0.327. The topological polar surface area (TPSA) is 30.5 Å². The van der Waals surface area contributed by atoms with Crippen molar-refractivity contribution < 1.29 is 9.47 Å². The SMILES string of the molecule is C1CCC2(CC1)CC1(CCN2)OCCCO1. The maximum atomic E-state index is 5.97. The molecule has 1 saturated carbocycles. The summed E-state index contributed by atoms with van der Waals surface area (Å²) < 4.78 is 11.9. The molecule has 0 aromatic heterocycles. The van der Waals surface area contributed by atoms with Crippen LogP contribution >= 0.6 is 0 Å². The van der Waals surface area contributed by atoms with E-state index in [9.17, 15) is 0 Å². The maximum Gasteiger partial charge on any atom is 0.171 e. The number of ether oxygens (including phenoxy) is 2. The highest BCUT2D eigenvalue weighted by atomic mass is 16.7. The van der Waals surface area contributed by atoms with Gasteiger partial charge in [0.05, 0.1) is 13.2 Å². The predicted octanol–water partition coefficient (Wildman–Crippen LogP) is 2.21. The van der Waals surface area contributed by atoms with Crippen LogP contribution in [0.15, 0.2) is 0 Å². The second-order valence-corrected chi connectivity index (χ2v) is 5.66. The average Bonchev–Trinajstić information content (AvgIpc) is 2.31. The molecular formula is C13H23NO2. The molecule has 3 aliphatic rings. The standard InChI is InChI=1S/C13H23NO2/c1-2-5-12(6-3-1)11-13(7-8-14-12)15-9-4-10-16-13/h14H,1-11H2. The summed E-state index contributed by atoms with van der Waals surface area (Å²) in [4.78, 5) is 0. The zero-order chi connectivity index (χ0) is 10.9. The van der Waals surface area contributed by atoms with E-state index in [1.54, 1.807) is 0 Å². The van der Waals surface area contributed by atoms with E-state index in [0.717, 1.165) is 39.0 Å². The van der Waals surface area contributed by atoms with Crippen LogP contribution in [0.25, 0.3) is 0 Å². The Hall–Kier alpha value is -0.120. The fourth-order valence-corrected chi connectivity index (χ4v) is 3.63. The zero-order valence-corrected chi connectivity index (χ0v) is 10.1. The smallest absolute Gasteiger partial charge is 0.171 e. The van der Waals surface area contributed by atoms with E-state index in [0.29, 0.717) is 5.54 Å². The van der Waals surface area contributed by atoms with Gasteiger partial charge in [-0.1, -0.05) is 19.3 Å². The minimum absolute atomic E-state index is 0.235. The van der Waals surface area contributed by atoms with Gasteiger partial charge in [0.15, 0.2) is 5.79 Å². The minimum atomic E-state index is -0.235. The Morgan fingerprint density at radius 1 is 0.812 bits per heavy atom. The van der Waals surface area contributed by atoms with Gasteiger partial charge in [-0.05, 0) is 19.3 Å². The van der Waals surface area contributed by atoms with Gasteiger partial charge in [0, 0.05) is 24.9 Å². The predicted molar refractivity (Wildman–Crippen MR) is 62.3 cm³/mol. The molecule has 2 saturated heterocycles. The molecule has 0 amide bonds. The number of nitrogens with one attached hydrogen (secondary N) is 1. The van der Waals surface area contributed by atoms with E-state index in [4.69, 9.17) is 9.47 Å². The van der Waals surface area contributed by atoms with Crippen molar-refractivity contribution in [3.05, 3.63) is 0 Å². The fourth-order valence-electron chi connectivity index (χ4n) is 3.63. The summed E-state index contributed by atoms with van der Waals surface area (Å²) in [6, 6.07) is 0.